The van der Waals surface area contributed by atoms with Gasteiger partial charge in [-0.25, -0.2) is 0 Å². The Balaban J connectivity index is 2.13. The van der Waals surface area contributed by atoms with Crippen molar-refractivity contribution in [3.8, 4) is 0 Å². The molecule has 0 saturated heterocycles. The Labute approximate surface area is 123 Å². The molecular weight excluding hydrogens is 266 g/mol. The molecule has 20 heavy (non-hydrogen) atoms. The van der Waals surface area contributed by atoms with Gasteiger partial charge in [-0.3, -0.25) is 4.79 Å². The van der Waals surface area contributed by atoms with Gasteiger partial charge in [-0.15, -0.1) is 11.8 Å². The van der Waals surface area contributed by atoms with Crippen LogP contribution in [0.5, 0.6) is 0 Å². The van der Waals surface area contributed by atoms with Crippen LogP contribution in [0.25, 0.3) is 0 Å². The Kier molecular flexibility index (Phi) is 5.02. The quantitative estimate of drug-likeness (QED) is 0.493. The zero-order valence-corrected chi connectivity index (χ0v) is 12.4. The normalized spacial score (nSPS) is 11.2. The van der Waals surface area contributed by atoms with Gasteiger partial charge in [0.2, 0.25) is 0 Å². The number of hydrogen-bond donors (Lipinski definition) is 1. The summed E-state index contributed by atoms with van der Waals surface area (Å²) < 4.78 is 0. The van der Waals surface area contributed by atoms with E-state index in [1.165, 1.54) is 0 Å². The molecule has 0 aliphatic heterocycles. The zero-order valence-electron chi connectivity index (χ0n) is 11.6. The summed E-state index contributed by atoms with van der Waals surface area (Å²) in [6, 6.07) is 17.3. The summed E-state index contributed by atoms with van der Waals surface area (Å²) in [4.78, 5) is 13.2. The molecule has 2 rings (SSSR count). The van der Waals surface area contributed by atoms with E-state index in [4.69, 9.17) is 0 Å². The lowest BCUT2D eigenvalue weighted by molar-refractivity contribution is 0.104. The molecule has 2 aromatic rings. The second-order valence-electron chi connectivity index (χ2n) is 4.38. The first-order chi connectivity index (χ1) is 9.70. The summed E-state index contributed by atoms with van der Waals surface area (Å²) in [5.41, 5.74) is 2.56. The number of anilines is 1. The van der Waals surface area contributed by atoms with E-state index in [1.807, 2.05) is 61.7 Å². The number of thioether (sulfide) groups is 1. The van der Waals surface area contributed by atoms with Crippen molar-refractivity contribution in [2.45, 2.75) is 11.8 Å². The van der Waals surface area contributed by atoms with Gasteiger partial charge in [-0.1, -0.05) is 42.5 Å². The third-order valence-corrected chi connectivity index (χ3v) is 3.64. The number of hydrogen-bond acceptors (Lipinski definition) is 3. The highest BCUT2D eigenvalue weighted by atomic mass is 32.2. The molecule has 1 N–H and O–H groups in total. The number of para-hydroxylation sites is 1. The number of nitrogens with one attached hydrogen (secondary N) is 1. The van der Waals surface area contributed by atoms with Crippen molar-refractivity contribution in [3.05, 3.63) is 71.9 Å². The topological polar surface area (TPSA) is 29.1 Å². The predicted molar refractivity (Wildman–Crippen MR) is 86.4 cm³/mol. The summed E-state index contributed by atoms with van der Waals surface area (Å²) >= 11 is 1.68. The lowest BCUT2D eigenvalue weighted by Crippen LogP contribution is -2.02. The molecule has 0 aliphatic carbocycles. The van der Waals surface area contributed by atoms with Crippen LogP contribution in [-0.2, 0) is 0 Å². The molecule has 2 aromatic carbocycles. The predicted octanol–water partition coefficient (Wildman–Crippen LogP) is 4.61. The minimum absolute atomic E-state index is 0.0113. The molecule has 0 heterocycles. The fraction of sp³-hybridized carbons (Fsp3) is 0.118. The summed E-state index contributed by atoms with van der Waals surface area (Å²) in [6.07, 6.45) is 3.67. The van der Waals surface area contributed by atoms with Gasteiger partial charge in [0.15, 0.2) is 5.78 Å². The van der Waals surface area contributed by atoms with Gasteiger partial charge in [0.25, 0.3) is 0 Å². The Morgan fingerprint density at radius 3 is 2.40 bits per heavy atom. The molecule has 0 aliphatic rings. The van der Waals surface area contributed by atoms with Crippen LogP contribution in [0.3, 0.4) is 0 Å². The highest BCUT2D eigenvalue weighted by molar-refractivity contribution is 7.98. The summed E-state index contributed by atoms with van der Waals surface area (Å²) in [7, 11) is 0. The monoisotopic (exact) mass is 283 g/mol. The van der Waals surface area contributed by atoms with E-state index in [0.29, 0.717) is 5.56 Å². The lowest BCUT2D eigenvalue weighted by Gasteiger charge is -2.10. The summed E-state index contributed by atoms with van der Waals surface area (Å²) in [5, 5.41) is 3.28. The van der Waals surface area contributed by atoms with Gasteiger partial charge in [-0.2, -0.15) is 0 Å². The second kappa shape index (κ2) is 6.96. The molecule has 0 fully saturated rings. The molecule has 0 atom stereocenters. The van der Waals surface area contributed by atoms with Gasteiger partial charge in [-0.05, 0) is 25.3 Å². The van der Waals surface area contributed by atoms with E-state index >= 15 is 0 Å². The average molecular weight is 283 g/mol. The van der Waals surface area contributed by atoms with Crippen molar-refractivity contribution < 1.29 is 4.79 Å². The van der Waals surface area contributed by atoms with E-state index in [0.717, 1.165) is 16.3 Å². The van der Waals surface area contributed by atoms with Crippen molar-refractivity contribution in [2.75, 3.05) is 11.6 Å². The number of carbonyl (C=O) groups excluding carboxylic acids is 1. The fourth-order valence-corrected chi connectivity index (χ4v) is 2.43. The number of rotatable bonds is 5. The molecule has 0 saturated carbocycles. The van der Waals surface area contributed by atoms with Gasteiger partial charge in [0.1, 0.15) is 0 Å². The van der Waals surface area contributed by atoms with Crippen LogP contribution in [0, 0.1) is 0 Å². The lowest BCUT2D eigenvalue weighted by atomic mass is 10.1. The van der Waals surface area contributed by atoms with Crippen molar-refractivity contribution in [2.24, 2.45) is 0 Å². The van der Waals surface area contributed by atoms with E-state index in [1.54, 1.807) is 17.8 Å². The maximum atomic E-state index is 12.1. The molecule has 0 spiro atoms. The van der Waals surface area contributed by atoms with E-state index < -0.39 is 0 Å². The average Bonchev–Trinajstić information content (AvgIpc) is 2.48. The minimum atomic E-state index is 0.0113. The van der Waals surface area contributed by atoms with Crippen LogP contribution >= 0.6 is 11.8 Å². The smallest absolute Gasteiger partial charge is 0.187 e. The SMILES string of the molecule is CSc1ccccc1N/C(C)=C\C(=O)c1ccccc1. The van der Waals surface area contributed by atoms with Crippen LogP contribution in [0.1, 0.15) is 17.3 Å². The number of carbonyl (C=O) groups is 1. The van der Waals surface area contributed by atoms with Crippen LogP contribution < -0.4 is 5.32 Å². The molecular formula is C17H17NOS. The molecule has 102 valence electrons. The Morgan fingerprint density at radius 2 is 1.70 bits per heavy atom. The van der Waals surface area contributed by atoms with Crippen LogP contribution in [0.15, 0.2) is 71.3 Å². The van der Waals surface area contributed by atoms with E-state index in [-0.39, 0.29) is 5.78 Å². The molecule has 2 nitrogen and oxygen atoms in total. The minimum Gasteiger partial charge on any atom is -0.358 e. The van der Waals surface area contributed by atoms with Gasteiger partial charge < -0.3 is 5.32 Å². The Morgan fingerprint density at radius 1 is 1.05 bits per heavy atom. The van der Waals surface area contributed by atoms with Crippen molar-refractivity contribution in [1.29, 1.82) is 0 Å². The zero-order chi connectivity index (χ0) is 14.4. The van der Waals surface area contributed by atoms with Crippen molar-refractivity contribution in [3.63, 3.8) is 0 Å². The van der Waals surface area contributed by atoms with Gasteiger partial charge >= 0.3 is 0 Å². The third-order valence-electron chi connectivity index (χ3n) is 2.84. The van der Waals surface area contributed by atoms with Gasteiger partial charge in [0.05, 0.1) is 5.69 Å². The largest absolute Gasteiger partial charge is 0.358 e. The van der Waals surface area contributed by atoms with E-state index in [9.17, 15) is 4.79 Å². The van der Waals surface area contributed by atoms with Crippen molar-refractivity contribution >= 4 is 23.2 Å². The molecule has 3 heteroatoms. The third kappa shape index (κ3) is 3.75. The fourth-order valence-electron chi connectivity index (χ4n) is 1.88. The summed E-state index contributed by atoms with van der Waals surface area (Å²) in [6.45, 7) is 1.90. The van der Waals surface area contributed by atoms with Gasteiger partial charge in [0, 0.05) is 22.2 Å². The maximum absolute atomic E-state index is 12.1. The molecule has 0 unspecified atom stereocenters. The first-order valence-electron chi connectivity index (χ1n) is 6.38. The Bertz CT molecular complexity index is 620. The molecule has 0 radical (unpaired) electrons. The molecule has 0 amide bonds. The second-order valence-corrected chi connectivity index (χ2v) is 5.23. The standard InChI is InChI=1S/C17H17NOS/c1-13(12-16(19)14-8-4-3-5-9-14)18-15-10-6-7-11-17(15)20-2/h3-12,18H,1-2H3/b13-12-. The Hall–Kier alpha value is -2.00. The summed E-state index contributed by atoms with van der Waals surface area (Å²) in [5.74, 6) is 0.0113. The number of ketones is 1. The first kappa shape index (κ1) is 14.4. The molecule has 0 aromatic heterocycles. The van der Waals surface area contributed by atoms with Crippen LogP contribution in [-0.4, -0.2) is 12.0 Å². The van der Waals surface area contributed by atoms with Crippen molar-refractivity contribution in [1.82, 2.24) is 0 Å². The highest BCUT2D eigenvalue weighted by Crippen LogP contribution is 2.25. The maximum Gasteiger partial charge on any atom is 0.187 e. The number of allylic oxidation sites excluding steroid dienone is 2. The van der Waals surface area contributed by atoms with Crippen LogP contribution in [0.2, 0.25) is 0 Å². The number of benzene rings is 2. The van der Waals surface area contributed by atoms with E-state index in [2.05, 4.69) is 11.4 Å². The highest BCUT2D eigenvalue weighted by Gasteiger charge is 2.04. The van der Waals surface area contributed by atoms with Crippen LogP contribution in [0.4, 0.5) is 5.69 Å². The first-order valence-corrected chi connectivity index (χ1v) is 7.61. The molecule has 0 bridgehead atoms.